The van der Waals surface area contributed by atoms with Crippen LogP contribution in [0.4, 0.5) is 0 Å². The molecule has 0 amide bonds. The fourth-order valence-electron chi connectivity index (χ4n) is 2.52. The quantitative estimate of drug-likeness (QED) is 0.607. The molecule has 2 aliphatic heterocycles. The van der Waals surface area contributed by atoms with E-state index in [4.69, 9.17) is 9.84 Å². The molecule has 60 valence electrons. The van der Waals surface area contributed by atoms with E-state index in [9.17, 15) is 4.79 Å². The van der Waals surface area contributed by atoms with Crippen molar-refractivity contribution in [3.8, 4) is 0 Å². The number of rotatable bonds is 1. The average molecular weight is 154 g/mol. The molecule has 1 spiro atoms. The molecule has 0 aromatic rings. The second-order valence-electron chi connectivity index (χ2n) is 4.07. The number of carbonyl (C=O) groups is 1. The van der Waals surface area contributed by atoms with Crippen molar-refractivity contribution in [3.05, 3.63) is 0 Å². The second-order valence-corrected chi connectivity index (χ2v) is 4.07. The third-order valence-corrected chi connectivity index (χ3v) is 3.43. The Balaban J connectivity index is 1.93. The van der Waals surface area contributed by atoms with Gasteiger partial charge >= 0.3 is 5.97 Å². The van der Waals surface area contributed by atoms with Gasteiger partial charge in [0.1, 0.15) is 0 Å². The molecule has 0 aromatic carbocycles. The lowest BCUT2D eigenvalue weighted by Gasteiger charge is -2.30. The monoisotopic (exact) mass is 154 g/mol. The summed E-state index contributed by atoms with van der Waals surface area (Å²) < 4.78 is 5.58. The van der Waals surface area contributed by atoms with E-state index in [2.05, 4.69) is 0 Å². The van der Waals surface area contributed by atoms with Crippen LogP contribution in [0.3, 0.4) is 0 Å². The lowest BCUT2D eigenvalue weighted by atomic mass is 9.72. The Labute approximate surface area is 64.3 Å². The van der Waals surface area contributed by atoms with Crippen LogP contribution < -0.4 is 0 Å². The molecular formula is C8H10O3. The highest BCUT2D eigenvalue weighted by Crippen LogP contribution is 2.67. The summed E-state index contributed by atoms with van der Waals surface area (Å²) in [5, 5.41) is 8.85. The van der Waals surface area contributed by atoms with Crippen LogP contribution in [0.2, 0.25) is 0 Å². The highest BCUT2D eigenvalue weighted by molar-refractivity contribution is 5.80. The van der Waals surface area contributed by atoms with Gasteiger partial charge in [-0.3, -0.25) is 0 Å². The molecule has 0 atom stereocenters. The Hall–Kier alpha value is -0.570. The average Bonchev–Trinajstić information content (AvgIpc) is 2.33. The van der Waals surface area contributed by atoms with Crippen LogP contribution in [0, 0.1) is 5.92 Å². The maximum atomic E-state index is 10.8. The maximum Gasteiger partial charge on any atom is 0.336 e. The standard InChI is InChI=1S/C8H10O3/c9-6(10)8-3-5(4-8)7(11-8)1-2-7/h5H,1-4H2,(H,9,10). The predicted molar refractivity (Wildman–Crippen MR) is 36.1 cm³/mol. The second kappa shape index (κ2) is 1.33. The van der Waals surface area contributed by atoms with Gasteiger partial charge in [0.05, 0.1) is 5.60 Å². The van der Waals surface area contributed by atoms with Crippen molar-refractivity contribution >= 4 is 5.97 Å². The van der Waals surface area contributed by atoms with E-state index in [0.29, 0.717) is 5.92 Å². The molecule has 4 rings (SSSR count). The zero-order valence-corrected chi connectivity index (χ0v) is 6.17. The minimum Gasteiger partial charge on any atom is -0.479 e. The summed E-state index contributed by atoms with van der Waals surface area (Å²) >= 11 is 0. The van der Waals surface area contributed by atoms with Crippen LogP contribution in [-0.4, -0.2) is 22.3 Å². The van der Waals surface area contributed by atoms with Crippen molar-refractivity contribution in [2.45, 2.75) is 36.9 Å². The van der Waals surface area contributed by atoms with Gasteiger partial charge in [0.2, 0.25) is 0 Å². The van der Waals surface area contributed by atoms with E-state index in [0.717, 1.165) is 25.7 Å². The molecule has 2 heterocycles. The first-order valence-corrected chi connectivity index (χ1v) is 4.11. The first-order valence-electron chi connectivity index (χ1n) is 4.11. The minimum atomic E-state index is -0.752. The van der Waals surface area contributed by atoms with E-state index in [1.165, 1.54) is 0 Å². The maximum absolute atomic E-state index is 10.8. The lowest BCUT2D eigenvalue weighted by Crippen LogP contribution is -2.44. The Morgan fingerprint density at radius 2 is 2.09 bits per heavy atom. The Bertz CT molecular complexity index is 236. The summed E-state index contributed by atoms with van der Waals surface area (Å²) in [6.45, 7) is 0. The zero-order chi connectivity index (χ0) is 7.69. The Morgan fingerprint density at radius 1 is 1.45 bits per heavy atom. The molecule has 4 aliphatic rings. The summed E-state index contributed by atoms with van der Waals surface area (Å²) in [5.74, 6) is -0.184. The van der Waals surface area contributed by atoms with Gasteiger partial charge in [0.25, 0.3) is 0 Å². The SMILES string of the molecule is O=C(O)C12CC(C1)C1(CC1)O2. The van der Waals surface area contributed by atoms with Crippen LogP contribution >= 0.6 is 0 Å². The van der Waals surface area contributed by atoms with Crippen LogP contribution in [-0.2, 0) is 9.53 Å². The van der Waals surface area contributed by atoms with E-state index in [1.807, 2.05) is 0 Å². The molecular weight excluding hydrogens is 144 g/mol. The molecule has 0 radical (unpaired) electrons. The molecule has 2 aliphatic carbocycles. The van der Waals surface area contributed by atoms with Crippen LogP contribution in [0.5, 0.6) is 0 Å². The topological polar surface area (TPSA) is 46.5 Å². The van der Waals surface area contributed by atoms with Crippen molar-refractivity contribution in [1.82, 2.24) is 0 Å². The smallest absolute Gasteiger partial charge is 0.336 e. The Morgan fingerprint density at radius 3 is 2.36 bits per heavy atom. The van der Waals surface area contributed by atoms with Crippen LogP contribution in [0.1, 0.15) is 25.7 Å². The molecule has 3 heteroatoms. The molecule has 2 saturated heterocycles. The van der Waals surface area contributed by atoms with E-state index >= 15 is 0 Å². The molecule has 2 bridgehead atoms. The fourth-order valence-corrected chi connectivity index (χ4v) is 2.52. The van der Waals surface area contributed by atoms with E-state index in [1.54, 1.807) is 0 Å². The van der Waals surface area contributed by atoms with Gasteiger partial charge in [0.15, 0.2) is 5.60 Å². The van der Waals surface area contributed by atoms with Crippen molar-refractivity contribution in [1.29, 1.82) is 0 Å². The first-order chi connectivity index (χ1) is 5.17. The first kappa shape index (κ1) is 6.00. The van der Waals surface area contributed by atoms with Crippen molar-refractivity contribution in [2.24, 2.45) is 5.92 Å². The third-order valence-electron chi connectivity index (χ3n) is 3.43. The molecule has 11 heavy (non-hydrogen) atoms. The van der Waals surface area contributed by atoms with Gasteiger partial charge in [-0.2, -0.15) is 0 Å². The number of hydrogen-bond acceptors (Lipinski definition) is 2. The zero-order valence-electron chi connectivity index (χ0n) is 6.17. The fraction of sp³-hybridized carbons (Fsp3) is 0.875. The predicted octanol–water partition coefficient (Wildman–Crippen LogP) is 0.783. The van der Waals surface area contributed by atoms with Gasteiger partial charge in [-0.1, -0.05) is 0 Å². The summed E-state index contributed by atoms with van der Waals surface area (Å²) in [6.07, 6.45) is 3.71. The summed E-state index contributed by atoms with van der Waals surface area (Å²) in [6, 6.07) is 0. The highest BCUT2D eigenvalue weighted by Gasteiger charge is 2.73. The third kappa shape index (κ3) is 0.495. The molecule has 3 nitrogen and oxygen atoms in total. The molecule has 2 saturated carbocycles. The molecule has 1 N–H and O–H groups in total. The van der Waals surface area contributed by atoms with Gasteiger partial charge in [0, 0.05) is 0 Å². The normalized spacial score (nSPS) is 48.9. The number of ether oxygens (including phenoxy) is 1. The van der Waals surface area contributed by atoms with E-state index < -0.39 is 11.6 Å². The number of carboxylic acid groups (broad SMARTS) is 1. The number of carboxylic acids is 1. The number of hydrogen-bond donors (Lipinski definition) is 1. The minimum absolute atomic E-state index is 0.0401. The van der Waals surface area contributed by atoms with Gasteiger partial charge in [-0.25, -0.2) is 4.79 Å². The van der Waals surface area contributed by atoms with E-state index in [-0.39, 0.29) is 5.60 Å². The van der Waals surface area contributed by atoms with Crippen molar-refractivity contribution in [2.75, 3.05) is 0 Å². The summed E-state index contributed by atoms with van der Waals surface area (Å²) in [4.78, 5) is 10.8. The number of aliphatic carboxylic acids is 1. The summed E-state index contributed by atoms with van der Waals surface area (Å²) in [7, 11) is 0. The van der Waals surface area contributed by atoms with Crippen molar-refractivity contribution < 1.29 is 14.6 Å². The molecule has 4 fully saturated rings. The van der Waals surface area contributed by atoms with Gasteiger partial charge in [-0.05, 0) is 31.6 Å². The highest BCUT2D eigenvalue weighted by atomic mass is 16.6. The van der Waals surface area contributed by atoms with Crippen LogP contribution in [0.25, 0.3) is 0 Å². The lowest BCUT2D eigenvalue weighted by molar-refractivity contribution is -0.164. The molecule has 0 aromatic heterocycles. The van der Waals surface area contributed by atoms with Gasteiger partial charge < -0.3 is 9.84 Å². The summed E-state index contributed by atoms with van der Waals surface area (Å²) in [5.41, 5.74) is -0.709. The van der Waals surface area contributed by atoms with Crippen molar-refractivity contribution in [3.63, 3.8) is 0 Å². The largest absolute Gasteiger partial charge is 0.479 e. The van der Waals surface area contributed by atoms with Crippen LogP contribution in [0.15, 0.2) is 0 Å². The molecule has 0 unspecified atom stereocenters. The Kier molecular flexibility index (Phi) is 0.727. The van der Waals surface area contributed by atoms with Gasteiger partial charge in [-0.15, -0.1) is 0 Å².